The lowest BCUT2D eigenvalue weighted by Gasteiger charge is -2.36. The molecule has 3 heterocycles. The minimum Gasteiger partial charge on any atom is -0.483 e. The van der Waals surface area contributed by atoms with Gasteiger partial charge in [0.15, 0.2) is 0 Å². The molecular weight excluding hydrogens is 428 g/mol. The van der Waals surface area contributed by atoms with Crippen molar-refractivity contribution in [2.45, 2.75) is 38.3 Å². The number of hydrogen-bond donors (Lipinski definition) is 1. The molecule has 2 saturated heterocycles. The van der Waals surface area contributed by atoms with E-state index in [1.165, 1.54) is 10.9 Å². The van der Waals surface area contributed by atoms with E-state index < -0.39 is 5.41 Å². The fraction of sp³-hybridized carbons (Fsp3) is 0.522. The van der Waals surface area contributed by atoms with Gasteiger partial charge in [-0.15, -0.1) is 0 Å². The van der Waals surface area contributed by atoms with E-state index in [9.17, 15) is 14.4 Å². The molecule has 1 N–H and O–H groups in total. The number of piperidine rings is 1. The minimum atomic E-state index is -0.448. The Bertz CT molecular complexity index is 1060. The highest BCUT2D eigenvalue weighted by molar-refractivity contribution is 5.81. The topological polar surface area (TPSA) is 122 Å². The van der Waals surface area contributed by atoms with Gasteiger partial charge in [0.25, 0.3) is 12.0 Å². The van der Waals surface area contributed by atoms with Gasteiger partial charge in [-0.25, -0.2) is 4.98 Å². The van der Waals surface area contributed by atoms with Crippen LogP contribution in [-0.4, -0.2) is 82.6 Å². The monoisotopic (exact) mass is 458 g/mol. The van der Waals surface area contributed by atoms with Crippen molar-refractivity contribution < 1.29 is 24.2 Å². The maximum Gasteiger partial charge on any atom is 0.312 e. The number of nitrogens with zero attached hydrogens (tertiary/aromatic N) is 4. The number of aryl methyl sites for hydroxylation is 1. The van der Waals surface area contributed by atoms with Crippen molar-refractivity contribution in [1.29, 1.82) is 0 Å². The third-order valence-corrected chi connectivity index (χ3v) is 6.27. The molecule has 0 saturated carbocycles. The predicted octanol–water partition coefficient (Wildman–Crippen LogP) is 0.973. The van der Waals surface area contributed by atoms with Gasteiger partial charge in [-0.2, -0.15) is 0 Å². The molecular formula is C23H30N4O6. The van der Waals surface area contributed by atoms with Crippen LogP contribution in [0.4, 0.5) is 0 Å². The van der Waals surface area contributed by atoms with E-state index in [1.54, 1.807) is 17.0 Å². The molecule has 2 aliphatic rings. The number of amides is 1. The summed E-state index contributed by atoms with van der Waals surface area (Å²) in [5, 5.41) is 7.44. The first kappa shape index (κ1) is 24.4. The molecule has 1 aromatic heterocycles. The first-order valence-corrected chi connectivity index (χ1v) is 11.0. The average Bonchev–Trinajstić information content (AvgIpc) is 3.07. The highest BCUT2D eigenvalue weighted by Gasteiger charge is 2.50. The van der Waals surface area contributed by atoms with Crippen molar-refractivity contribution in [1.82, 2.24) is 19.4 Å². The van der Waals surface area contributed by atoms with E-state index in [0.717, 1.165) is 13.0 Å². The number of carbonyl (C=O) groups excluding carboxylic acids is 2. The third-order valence-electron chi connectivity index (χ3n) is 6.27. The summed E-state index contributed by atoms with van der Waals surface area (Å²) < 4.78 is 7.08. The van der Waals surface area contributed by atoms with E-state index in [4.69, 9.17) is 14.6 Å². The van der Waals surface area contributed by atoms with Gasteiger partial charge in [0, 0.05) is 39.0 Å². The van der Waals surface area contributed by atoms with Crippen LogP contribution in [0.5, 0.6) is 0 Å². The van der Waals surface area contributed by atoms with Gasteiger partial charge in [-0.1, -0.05) is 12.1 Å². The summed E-state index contributed by atoms with van der Waals surface area (Å²) in [5.41, 5.74) is 0.0745. The normalized spacial score (nSPS) is 19.3. The second kappa shape index (κ2) is 10.6. The second-order valence-electron chi connectivity index (χ2n) is 8.77. The van der Waals surface area contributed by atoms with E-state index in [-0.39, 0.29) is 36.4 Å². The number of hydrogen-bond acceptors (Lipinski definition) is 7. The first-order valence-electron chi connectivity index (χ1n) is 11.0. The van der Waals surface area contributed by atoms with E-state index in [2.05, 4.69) is 4.98 Å². The molecule has 1 spiro atoms. The zero-order chi connectivity index (χ0) is 24.0. The predicted molar refractivity (Wildman–Crippen MR) is 121 cm³/mol. The number of carbonyl (C=O) groups is 3. The largest absolute Gasteiger partial charge is 0.483 e. The lowest BCUT2D eigenvalue weighted by atomic mass is 9.76. The molecule has 1 amide bonds. The molecule has 1 atom stereocenters. The molecule has 2 aromatic rings. The summed E-state index contributed by atoms with van der Waals surface area (Å²) >= 11 is 0. The molecule has 2 fully saturated rings. The van der Waals surface area contributed by atoms with Gasteiger partial charge in [0.2, 0.25) is 5.91 Å². The van der Waals surface area contributed by atoms with Gasteiger partial charge >= 0.3 is 5.97 Å². The number of carboxylic acid groups (broad SMARTS) is 1. The summed E-state index contributed by atoms with van der Waals surface area (Å²) in [7, 11) is 3.94. The zero-order valence-electron chi connectivity index (χ0n) is 19.0. The van der Waals surface area contributed by atoms with Crippen LogP contribution in [0.2, 0.25) is 0 Å². The number of likely N-dealkylation sites (tertiary alicyclic amines) is 1. The van der Waals surface area contributed by atoms with Gasteiger partial charge in [0.1, 0.15) is 6.10 Å². The van der Waals surface area contributed by atoms with Crippen LogP contribution in [0.3, 0.4) is 0 Å². The highest BCUT2D eigenvalue weighted by atomic mass is 16.6. The summed E-state index contributed by atoms with van der Waals surface area (Å²) in [6.45, 7) is 1.87. The number of rotatable bonds is 5. The standard InChI is InChI=1S/C22H28N4O4.CH2O2/c1-24(2)14-16-13-22(21(29)30-16)8-11-25(12-9-22)19(27)7-10-26-15-23-18-6-4-3-5-17(18)20(26)28;2-1-3/h3-6,15-16H,7-14H2,1-2H3;1H,(H,2,3). The van der Waals surface area contributed by atoms with Crippen molar-refractivity contribution in [2.24, 2.45) is 5.41 Å². The molecule has 0 aliphatic carbocycles. The van der Waals surface area contributed by atoms with Gasteiger partial charge < -0.3 is 19.6 Å². The molecule has 33 heavy (non-hydrogen) atoms. The zero-order valence-corrected chi connectivity index (χ0v) is 19.0. The Morgan fingerprint density at radius 1 is 1.27 bits per heavy atom. The third kappa shape index (κ3) is 5.57. The van der Waals surface area contributed by atoms with Crippen LogP contribution in [0.15, 0.2) is 35.4 Å². The second-order valence-corrected chi connectivity index (χ2v) is 8.77. The summed E-state index contributed by atoms with van der Waals surface area (Å²) in [4.78, 5) is 54.3. The quantitative estimate of drug-likeness (QED) is 0.520. The Morgan fingerprint density at radius 3 is 2.61 bits per heavy atom. The lowest BCUT2D eigenvalue weighted by molar-refractivity contribution is -0.152. The highest BCUT2D eigenvalue weighted by Crippen LogP contribution is 2.43. The Hall–Kier alpha value is -3.27. The maximum atomic E-state index is 12.7. The average molecular weight is 459 g/mol. The lowest BCUT2D eigenvalue weighted by Crippen LogP contribution is -2.45. The molecule has 2 aliphatic heterocycles. The molecule has 10 heteroatoms. The number of fused-ring (bicyclic) bond motifs is 1. The van der Waals surface area contributed by atoms with Gasteiger partial charge in [-0.05, 0) is 39.1 Å². The first-order chi connectivity index (χ1) is 15.8. The fourth-order valence-electron chi connectivity index (χ4n) is 4.58. The number of aromatic nitrogens is 2. The van der Waals surface area contributed by atoms with Gasteiger partial charge in [0.05, 0.1) is 22.6 Å². The number of benzene rings is 1. The molecule has 10 nitrogen and oxygen atoms in total. The molecule has 178 valence electrons. The van der Waals surface area contributed by atoms with E-state index in [0.29, 0.717) is 43.4 Å². The fourth-order valence-corrected chi connectivity index (χ4v) is 4.58. The SMILES string of the molecule is CN(C)CC1CC2(CCN(C(=O)CCn3cnc4ccccc4c3=O)CC2)C(=O)O1.O=CO. The van der Waals surface area contributed by atoms with Crippen LogP contribution in [-0.2, 0) is 25.7 Å². The Labute approximate surface area is 191 Å². The summed E-state index contributed by atoms with van der Waals surface area (Å²) in [5.74, 6) is -0.114. The van der Waals surface area contributed by atoms with Gasteiger partial charge in [-0.3, -0.25) is 23.7 Å². The Balaban J connectivity index is 0.000000968. The van der Waals surface area contributed by atoms with Crippen LogP contribution in [0, 0.1) is 5.41 Å². The minimum absolute atomic E-state index is 0.00103. The van der Waals surface area contributed by atoms with Crippen molar-refractivity contribution in [2.75, 3.05) is 33.7 Å². The maximum absolute atomic E-state index is 12.7. The Kier molecular flexibility index (Phi) is 7.80. The number of para-hydroxylation sites is 1. The van der Waals surface area contributed by atoms with Crippen LogP contribution < -0.4 is 5.56 Å². The van der Waals surface area contributed by atoms with Crippen molar-refractivity contribution in [3.63, 3.8) is 0 Å². The van der Waals surface area contributed by atoms with Crippen molar-refractivity contribution in [3.05, 3.63) is 40.9 Å². The number of cyclic esters (lactones) is 1. The smallest absolute Gasteiger partial charge is 0.312 e. The number of ether oxygens (including phenoxy) is 1. The van der Waals surface area contributed by atoms with Crippen LogP contribution in [0.25, 0.3) is 10.9 Å². The van der Waals surface area contributed by atoms with E-state index >= 15 is 0 Å². The summed E-state index contributed by atoms with van der Waals surface area (Å²) in [6, 6.07) is 7.19. The van der Waals surface area contributed by atoms with Crippen LogP contribution >= 0.6 is 0 Å². The van der Waals surface area contributed by atoms with E-state index in [1.807, 2.05) is 31.1 Å². The number of esters is 1. The van der Waals surface area contributed by atoms with Crippen molar-refractivity contribution in [3.8, 4) is 0 Å². The molecule has 1 aromatic carbocycles. The molecule has 4 rings (SSSR count). The molecule has 1 unspecified atom stereocenters. The molecule has 0 radical (unpaired) electrons. The Morgan fingerprint density at radius 2 is 1.94 bits per heavy atom. The van der Waals surface area contributed by atoms with Crippen molar-refractivity contribution >= 4 is 29.3 Å². The number of likely N-dealkylation sites (N-methyl/N-ethyl adjacent to an activating group) is 1. The summed E-state index contributed by atoms with van der Waals surface area (Å²) in [6.07, 6.45) is 3.67. The van der Waals surface area contributed by atoms with Crippen LogP contribution in [0.1, 0.15) is 25.7 Å². The molecule has 0 bridgehead atoms.